The second-order valence-corrected chi connectivity index (χ2v) is 7.03. The predicted octanol–water partition coefficient (Wildman–Crippen LogP) is 0.666. The van der Waals surface area contributed by atoms with Crippen LogP contribution in [0.4, 0.5) is 0 Å². The molecule has 2 bridgehead atoms. The lowest BCUT2D eigenvalue weighted by atomic mass is 9.84. The van der Waals surface area contributed by atoms with E-state index in [2.05, 4.69) is 9.80 Å². The van der Waals surface area contributed by atoms with Crippen LogP contribution < -0.4 is 5.73 Å². The molecule has 3 aliphatic carbocycles. The average molecular weight is 263 g/mol. The number of rotatable bonds is 2. The molecule has 4 aliphatic rings. The molecule has 1 saturated heterocycles. The van der Waals surface area contributed by atoms with Gasteiger partial charge >= 0.3 is 0 Å². The summed E-state index contributed by atoms with van der Waals surface area (Å²) in [7, 11) is 0. The van der Waals surface area contributed by atoms with E-state index in [9.17, 15) is 4.79 Å². The van der Waals surface area contributed by atoms with Crippen molar-refractivity contribution in [1.82, 2.24) is 9.80 Å². The third-order valence-corrected chi connectivity index (χ3v) is 5.95. The molecule has 4 rings (SSSR count). The summed E-state index contributed by atoms with van der Waals surface area (Å²) in [6, 6.07) is 0.981. The summed E-state index contributed by atoms with van der Waals surface area (Å²) in [6.07, 6.45) is 6.43. The Hall–Kier alpha value is -0.610. The second kappa shape index (κ2) is 4.45. The topological polar surface area (TPSA) is 49.6 Å². The normalized spacial score (nSPS) is 42.9. The van der Waals surface area contributed by atoms with E-state index in [1.54, 1.807) is 0 Å². The highest BCUT2D eigenvalue weighted by Gasteiger charge is 2.50. The molecule has 4 fully saturated rings. The van der Waals surface area contributed by atoms with E-state index in [0.717, 1.165) is 32.2 Å². The monoisotopic (exact) mass is 263 g/mol. The van der Waals surface area contributed by atoms with Crippen LogP contribution >= 0.6 is 0 Å². The first kappa shape index (κ1) is 12.2. The van der Waals surface area contributed by atoms with Crippen molar-refractivity contribution in [1.29, 1.82) is 0 Å². The minimum Gasteiger partial charge on any atom is -0.340 e. The molecule has 4 nitrogen and oxygen atoms in total. The van der Waals surface area contributed by atoms with Crippen LogP contribution in [-0.2, 0) is 4.79 Å². The Labute approximate surface area is 115 Å². The zero-order valence-electron chi connectivity index (χ0n) is 11.6. The third-order valence-electron chi connectivity index (χ3n) is 5.95. The summed E-state index contributed by atoms with van der Waals surface area (Å²) in [5, 5.41) is 0. The largest absolute Gasteiger partial charge is 0.340 e. The Balaban J connectivity index is 1.38. The molecular formula is C15H25N3O. The lowest BCUT2D eigenvalue weighted by Gasteiger charge is -2.38. The fourth-order valence-corrected chi connectivity index (χ4v) is 4.66. The van der Waals surface area contributed by atoms with E-state index >= 15 is 0 Å². The van der Waals surface area contributed by atoms with E-state index in [-0.39, 0.29) is 12.0 Å². The van der Waals surface area contributed by atoms with Gasteiger partial charge in [-0.25, -0.2) is 0 Å². The molecule has 106 valence electrons. The fraction of sp³-hybridized carbons (Fsp3) is 0.933. The van der Waals surface area contributed by atoms with Crippen LogP contribution in [0.3, 0.4) is 0 Å². The molecule has 1 amide bonds. The van der Waals surface area contributed by atoms with Crippen LogP contribution in [0.15, 0.2) is 0 Å². The van der Waals surface area contributed by atoms with Crippen molar-refractivity contribution < 1.29 is 4.79 Å². The minimum atomic E-state index is 0.145. The van der Waals surface area contributed by atoms with Crippen molar-refractivity contribution in [3.8, 4) is 0 Å². The minimum absolute atomic E-state index is 0.145. The SMILES string of the molecule is NC1C2CCC(C2)C1C(=O)N1CCN(C2CC2)CC1. The van der Waals surface area contributed by atoms with Gasteiger partial charge in [0.15, 0.2) is 0 Å². The summed E-state index contributed by atoms with van der Waals surface area (Å²) in [4.78, 5) is 17.4. The van der Waals surface area contributed by atoms with Crippen LogP contribution in [0.1, 0.15) is 32.1 Å². The lowest BCUT2D eigenvalue weighted by Crippen LogP contribution is -2.54. The first-order valence-corrected chi connectivity index (χ1v) is 8.02. The number of carbonyl (C=O) groups excluding carboxylic acids is 1. The molecular weight excluding hydrogens is 238 g/mol. The van der Waals surface area contributed by atoms with E-state index in [0.29, 0.717) is 17.7 Å². The van der Waals surface area contributed by atoms with Gasteiger partial charge in [0, 0.05) is 38.3 Å². The van der Waals surface area contributed by atoms with Gasteiger partial charge in [-0.15, -0.1) is 0 Å². The molecule has 19 heavy (non-hydrogen) atoms. The Morgan fingerprint density at radius 1 is 0.947 bits per heavy atom. The summed E-state index contributed by atoms with van der Waals surface area (Å²) in [5.41, 5.74) is 6.30. The quantitative estimate of drug-likeness (QED) is 0.796. The number of hydrogen-bond donors (Lipinski definition) is 1. The molecule has 1 heterocycles. The van der Waals surface area contributed by atoms with Gasteiger partial charge in [-0.2, -0.15) is 0 Å². The number of nitrogens with zero attached hydrogens (tertiary/aromatic N) is 2. The van der Waals surface area contributed by atoms with Gasteiger partial charge in [0.1, 0.15) is 0 Å². The highest BCUT2D eigenvalue weighted by Crippen LogP contribution is 2.48. The van der Waals surface area contributed by atoms with Crippen LogP contribution in [0.2, 0.25) is 0 Å². The van der Waals surface area contributed by atoms with Crippen molar-refractivity contribution in [2.75, 3.05) is 26.2 Å². The van der Waals surface area contributed by atoms with Gasteiger partial charge in [0.25, 0.3) is 0 Å². The molecule has 0 aromatic heterocycles. The maximum absolute atomic E-state index is 12.7. The summed E-state index contributed by atoms with van der Waals surface area (Å²) < 4.78 is 0. The lowest BCUT2D eigenvalue weighted by molar-refractivity contribution is -0.139. The zero-order chi connectivity index (χ0) is 13.0. The summed E-state index contributed by atoms with van der Waals surface area (Å²) in [5.74, 6) is 1.74. The Kier molecular flexibility index (Phi) is 2.85. The van der Waals surface area contributed by atoms with E-state index in [1.807, 2.05) is 0 Å². The molecule has 3 saturated carbocycles. The number of carbonyl (C=O) groups is 1. The van der Waals surface area contributed by atoms with E-state index in [4.69, 9.17) is 5.73 Å². The molecule has 2 N–H and O–H groups in total. The van der Waals surface area contributed by atoms with Gasteiger partial charge in [-0.05, 0) is 43.9 Å². The van der Waals surface area contributed by atoms with Crippen LogP contribution in [0, 0.1) is 17.8 Å². The maximum Gasteiger partial charge on any atom is 0.227 e. The maximum atomic E-state index is 12.7. The molecule has 0 radical (unpaired) electrons. The van der Waals surface area contributed by atoms with Gasteiger partial charge < -0.3 is 10.6 Å². The van der Waals surface area contributed by atoms with Crippen molar-refractivity contribution >= 4 is 5.91 Å². The number of hydrogen-bond acceptors (Lipinski definition) is 3. The van der Waals surface area contributed by atoms with Crippen LogP contribution in [0.5, 0.6) is 0 Å². The summed E-state index contributed by atoms with van der Waals surface area (Å²) >= 11 is 0. The first-order valence-electron chi connectivity index (χ1n) is 8.02. The number of fused-ring (bicyclic) bond motifs is 2. The zero-order valence-corrected chi connectivity index (χ0v) is 11.6. The standard InChI is InChI=1S/C15H25N3O/c16-14-11-2-1-10(9-11)13(14)15(19)18-7-5-17(6-8-18)12-3-4-12/h10-14H,1-9,16H2. The van der Waals surface area contributed by atoms with Crippen LogP contribution in [-0.4, -0.2) is 54.0 Å². The van der Waals surface area contributed by atoms with Gasteiger partial charge in [-0.3, -0.25) is 9.69 Å². The highest BCUT2D eigenvalue weighted by molar-refractivity contribution is 5.80. The molecule has 4 atom stereocenters. The first-order chi connectivity index (χ1) is 9.24. The van der Waals surface area contributed by atoms with Gasteiger partial charge in [0.05, 0.1) is 5.92 Å². The fourth-order valence-electron chi connectivity index (χ4n) is 4.66. The number of nitrogens with two attached hydrogens (primary N) is 1. The van der Waals surface area contributed by atoms with Gasteiger partial charge in [0.2, 0.25) is 5.91 Å². The Morgan fingerprint density at radius 2 is 1.63 bits per heavy atom. The van der Waals surface area contributed by atoms with Gasteiger partial charge in [-0.1, -0.05) is 0 Å². The van der Waals surface area contributed by atoms with Crippen molar-refractivity contribution in [2.24, 2.45) is 23.5 Å². The molecule has 1 aliphatic heterocycles. The molecule has 0 aromatic carbocycles. The Bertz CT molecular complexity index is 372. The number of piperazine rings is 1. The van der Waals surface area contributed by atoms with Crippen molar-refractivity contribution in [2.45, 2.75) is 44.2 Å². The average Bonchev–Trinajstić information content (AvgIpc) is 3.11. The van der Waals surface area contributed by atoms with Crippen LogP contribution in [0.25, 0.3) is 0 Å². The smallest absolute Gasteiger partial charge is 0.227 e. The van der Waals surface area contributed by atoms with E-state index in [1.165, 1.54) is 32.1 Å². The van der Waals surface area contributed by atoms with Crippen molar-refractivity contribution in [3.05, 3.63) is 0 Å². The highest BCUT2D eigenvalue weighted by atomic mass is 16.2. The van der Waals surface area contributed by atoms with Crippen molar-refractivity contribution in [3.63, 3.8) is 0 Å². The molecule has 4 heteroatoms. The predicted molar refractivity (Wildman–Crippen MR) is 73.5 cm³/mol. The molecule has 0 aromatic rings. The summed E-state index contributed by atoms with van der Waals surface area (Å²) in [6.45, 7) is 4.00. The molecule has 4 unspecified atom stereocenters. The van der Waals surface area contributed by atoms with E-state index < -0.39 is 0 Å². The Morgan fingerprint density at radius 3 is 2.21 bits per heavy atom. The second-order valence-electron chi connectivity index (χ2n) is 7.03. The molecule has 0 spiro atoms. The third kappa shape index (κ3) is 2.00. The number of amides is 1.